The number of aryl methyl sites for hydroxylation is 1. The molecule has 0 saturated carbocycles. The Hall–Kier alpha value is -3.09. The number of nitrogens with one attached hydrogen (secondary N) is 1. The van der Waals surface area contributed by atoms with E-state index in [1.165, 1.54) is 83.5 Å². The zero-order valence-corrected chi connectivity index (χ0v) is 29.4. The van der Waals surface area contributed by atoms with Crippen LogP contribution >= 0.6 is 0 Å². The molecule has 0 radical (unpaired) electrons. The molecule has 0 amide bonds. The number of rotatable bonds is 21. The van der Waals surface area contributed by atoms with Crippen molar-refractivity contribution < 1.29 is 30.9 Å². The molecule has 2 aromatic carbocycles. The summed E-state index contributed by atoms with van der Waals surface area (Å²) in [6.07, 6.45) is 16.5. The Kier molecular flexibility index (Phi) is 14.9. The van der Waals surface area contributed by atoms with E-state index in [9.17, 15) is 21.4 Å². The molecule has 2 N–H and O–H groups in total. The monoisotopic (exact) mass is 677 g/mol. The van der Waals surface area contributed by atoms with Gasteiger partial charge in [-0.25, -0.2) is 13.2 Å². The number of pyridine rings is 1. The molecule has 1 aromatic heterocycles. The summed E-state index contributed by atoms with van der Waals surface area (Å²) in [5.41, 5.74) is 1.98. The third-order valence-electron chi connectivity index (χ3n) is 8.29. The van der Waals surface area contributed by atoms with E-state index in [4.69, 9.17) is 9.47 Å². The molecular formula is C34H51N3O7S2. The maximum atomic E-state index is 12.9. The standard InChI is InChI=1S/C34H51N3O7S2/c1-5-6-7-8-9-10-11-12-13-14-15-16-17-18-23-45(38,39)36-35-30-26-32(27-19-22-33(43-3)34(24-27)44-4)37(2)31-21-20-28(25-29(30)31)46(40,41)42/h19-22,24-26,36H,5-18,23H2,1-4H3,(H,40,41,42). The topological polar surface area (TPSA) is 136 Å². The van der Waals surface area contributed by atoms with Crippen LogP contribution in [-0.4, -0.2) is 45.9 Å². The number of benzene rings is 2. The van der Waals surface area contributed by atoms with Gasteiger partial charge in [0, 0.05) is 18.0 Å². The molecule has 0 atom stereocenters. The van der Waals surface area contributed by atoms with Crippen molar-refractivity contribution in [2.75, 3.05) is 20.0 Å². The smallest absolute Gasteiger partial charge is 0.294 e. The van der Waals surface area contributed by atoms with Crippen LogP contribution in [0.2, 0.25) is 0 Å². The van der Waals surface area contributed by atoms with Crippen LogP contribution < -0.4 is 19.7 Å². The minimum atomic E-state index is -4.50. The molecule has 0 unspecified atom stereocenters. The highest BCUT2D eigenvalue weighted by Crippen LogP contribution is 2.33. The third-order valence-corrected chi connectivity index (χ3v) is 10.3. The van der Waals surface area contributed by atoms with Crippen LogP contribution in [0.15, 0.2) is 52.5 Å². The predicted octanol–water partition coefficient (Wildman–Crippen LogP) is 7.33. The van der Waals surface area contributed by atoms with Gasteiger partial charge in [-0.2, -0.15) is 13.5 Å². The number of aromatic nitrogens is 1. The van der Waals surface area contributed by atoms with E-state index >= 15 is 0 Å². The van der Waals surface area contributed by atoms with E-state index in [0.29, 0.717) is 34.5 Å². The average Bonchev–Trinajstić information content (AvgIpc) is 3.03. The van der Waals surface area contributed by atoms with Gasteiger partial charge in [0.15, 0.2) is 11.5 Å². The highest BCUT2D eigenvalue weighted by Gasteiger charge is 2.16. The fraction of sp³-hybridized carbons (Fsp3) is 0.559. The van der Waals surface area contributed by atoms with Gasteiger partial charge in [-0.05, 0) is 48.9 Å². The normalized spacial score (nSPS) is 12.5. The first-order valence-corrected chi connectivity index (χ1v) is 19.5. The van der Waals surface area contributed by atoms with E-state index in [1.807, 2.05) is 10.6 Å². The van der Waals surface area contributed by atoms with Gasteiger partial charge in [0.05, 0.1) is 41.4 Å². The van der Waals surface area contributed by atoms with Crippen LogP contribution in [0.1, 0.15) is 96.8 Å². The minimum absolute atomic E-state index is 0.0636. The lowest BCUT2D eigenvalue weighted by Crippen LogP contribution is -2.25. The van der Waals surface area contributed by atoms with E-state index < -0.39 is 20.1 Å². The first-order chi connectivity index (χ1) is 22.0. The van der Waals surface area contributed by atoms with Gasteiger partial charge in [-0.1, -0.05) is 90.4 Å². The SMILES string of the molecule is CCCCCCCCCCCCCCCCS(=O)(=O)NN=c1cc(-c2ccc(OC)c(OC)c2)n(C)c2ccc(S(=O)(=O)O)cc12. The van der Waals surface area contributed by atoms with Crippen molar-refractivity contribution in [2.45, 2.75) is 102 Å². The third kappa shape index (κ3) is 11.3. The molecule has 0 bridgehead atoms. The summed E-state index contributed by atoms with van der Waals surface area (Å²) in [7, 11) is -3.36. The van der Waals surface area contributed by atoms with Crippen molar-refractivity contribution in [1.82, 2.24) is 9.40 Å². The van der Waals surface area contributed by atoms with E-state index in [0.717, 1.165) is 24.8 Å². The molecule has 0 saturated heterocycles. The van der Waals surface area contributed by atoms with Crippen LogP contribution in [-0.2, 0) is 27.2 Å². The Balaban J connectivity index is 1.67. The second-order valence-corrected chi connectivity index (χ2v) is 15.1. The molecule has 3 rings (SSSR count). The largest absolute Gasteiger partial charge is 0.493 e. The quantitative estimate of drug-likeness (QED) is 0.0685. The van der Waals surface area contributed by atoms with Crippen molar-refractivity contribution >= 4 is 31.0 Å². The second-order valence-electron chi connectivity index (χ2n) is 11.8. The predicted molar refractivity (Wildman–Crippen MR) is 184 cm³/mol. The molecule has 0 aliphatic heterocycles. The summed E-state index contributed by atoms with van der Waals surface area (Å²) in [5, 5.41) is 4.78. The summed E-state index contributed by atoms with van der Waals surface area (Å²) in [5.74, 6) is 0.995. The number of sulfonamides is 1. The zero-order chi connectivity index (χ0) is 33.6. The fourth-order valence-corrected chi connectivity index (χ4v) is 7.04. The molecule has 0 aliphatic rings. The van der Waals surface area contributed by atoms with Crippen LogP contribution in [0.5, 0.6) is 11.5 Å². The molecule has 0 fully saturated rings. The fourth-order valence-electron chi connectivity index (χ4n) is 5.62. The molecule has 1 heterocycles. The van der Waals surface area contributed by atoms with Crippen LogP contribution in [0, 0.1) is 0 Å². The van der Waals surface area contributed by atoms with Crippen molar-refractivity contribution in [1.29, 1.82) is 0 Å². The molecule has 256 valence electrons. The number of hydrogen-bond acceptors (Lipinski definition) is 7. The maximum Gasteiger partial charge on any atom is 0.294 e. The molecule has 0 spiro atoms. The highest BCUT2D eigenvalue weighted by atomic mass is 32.2. The Morgan fingerprint density at radius 2 is 1.30 bits per heavy atom. The lowest BCUT2D eigenvalue weighted by molar-refractivity contribution is 0.355. The number of hydrogen-bond donors (Lipinski definition) is 2. The highest BCUT2D eigenvalue weighted by molar-refractivity contribution is 7.89. The molecule has 46 heavy (non-hydrogen) atoms. The summed E-state index contributed by atoms with van der Waals surface area (Å²) >= 11 is 0. The van der Waals surface area contributed by atoms with Gasteiger partial charge < -0.3 is 14.0 Å². The van der Waals surface area contributed by atoms with Crippen LogP contribution in [0.4, 0.5) is 0 Å². The summed E-state index contributed by atoms with van der Waals surface area (Å²) in [4.78, 5) is 2.02. The van der Waals surface area contributed by atoms with Crippen LogP contribution in [0.25, 0.3) is 22.2 Å². The summed E-state index contributed by atoms with van der Waals surface area (Å²) in [6.45, 7) is 2.24. The first kappa shape index (κ1) is 37.4. The Morgan fingerprint density at radius 1 is 0.739 bits per heavy atom. The summed E-state index contributed by atoms with van der Waals surface area (Å²) in [6, 6.07) is 11.2. The lowest BCUT2D eigenvalue weighted by atomic mass is 10.0. The van der Waals surface area contributed by atoms with E-state index in [-0.39, 0.29) is 16.0 Å². The van der Waals surface area contributed by atoms with Crippen molar-refractivity contribution in [3.8, 4) is 22.8 Å². The van der Waals surface area contributed by atoms with E-state index in [2.05, 4.69) is 16.9 Å². The number of unbranched alkanes of at least 4 members (excludes halogenated alkanes) is 13. The van der Waals surface area contributed by atoms with Gasteiger partial charge in [0.1, 0.15) is 0 Å². The second kappa shape index (κ2) is 18.3. The van der Waals surface area contributed by atoms with Gasteiger partial charge in [-0.3, -0.25) is 4.55 Å². The summed E-state index contributed by atoms with van der Waals surface area (Å²) < 4.78 is 71.9. The number of ether oxygens (including phenoxy) is 2. The Bertz CT molecular complexity index is 1700. The van der Waals surface area contributed by atoms with Crippen molar-refractivity contribution in [3.05, 3.63) is 47.8 Å². The van der Waals surface area contributed by atoms with E-state index in [1.54, 1.807) is 38.4 Å². The molecular weight excluding hydrogens is 627 g/mol. The van der Waals surface area contributed by atoms with Gasteiger partial charge >= 0.3 is 0 Å². The van der Waals surface area contributed by atoms with Gasteiger partial charge in [0.2, 0.25) is 10.0 Å². The van der Waals surface area contributed by atoms with Crippen molar-refractivity contribution in [3.63, 3.8) is 0 Å². The molecule has 12 heteroatoms. The number of fused-ring (bicyclic) bond motifs is 1. The number of nitrogens with zero attached hydrogens (tertiary/aromatic N) is 2. The van der Waals surface area contributed by atoms with Gasteiger partial charge in [0.25, 0.3) is 10.1 Å². The molecule has 3 aromatic rings. The zero-order valence-electron chi connectivity index (χ0n) is 27.8. The maximum absolute atomic E-state index is 12.9. The molecule has 10 nitrogen and oxygen atoms in total. The Morgan fingerprint density at radius 3 is 1.85 bits per heavy atom. The van der Waals surface area contributed by atoms with Crippen LogP contribution in [0.3, 0.4) is 0 Å². The first-order valence-electron chi connectivity index (χ1n) is 16.4. The minimum Gasteiger partial charge on any atom is -0.493 e. The lowest BCUT2D eigenvalue weighted by Gasteiger charge is -2.16. The Labute approximate surface area is 275 Å². The number of methoxy groups -OCH3 is 2. The van der Waals surface area contributed by atoms with Crippen molar-refractivity contribution in [2.24, 2.45) is 12.1 Å². The van der Waals surface area contributed by atoms with Gasteiger partial charge in [-0.15, -0.1) is 0 Å². The average molecular weight is 678 g/mol. The molecule has 0 aliphatic carbocycles.